The minimum absolute atomic E-state index is 0.0141. The number of hydrogen-bond acceptors (Lipinski definition) is 5. The Morgan fingerprint density at radius 1 is 1.19 bits per heavy atom. The molecule has 0 aliphatic carbocycles. The fourth-order valence-corrected chi connectivity index (χ4v) is 5.92. The van der Waals surface area contributed by atoms with Crippen LogP contribution in [0.2, 0.25) is 5.02 Å². The van der Waals surface area contributed by atoms with Crippen LogP contribution >= 0.6 is 22.9 Å². The highest BCUT2D eigenvalue weighted by Crippen LogP contribution is 2.35. The number of carbonyl (C=O) groups excluding carboxylic acids is 1. The van der Waals surface area contributed by atoms with Gasteiger partial charge in [-0.05, 0) is 43.0 Å². The number of anilines is 1. The third-order valence-corrected chi connectivity index (χ3v) is 8.45. The Labute approximate surface area is 191 Å². The molecule has 0 radical (unpaired) electrons. The topological polar surface area (TPSA) is 70.6 Å². The summed E-state index contributed by atoms with van der Waals surface area (Å²) >= 11 is 7.75. The van der Waals surface area contributed by atoms with Crippen LogP contribution in [0, 0.1) is 12.8 Å². The first-order valence-corrected chi connectivity index (χ1v) is 13.1. The average molecular weight is 478 g/mol. The predicted octanol–water partition coefficient (Wildman–Crippen LogP) is 4.46. The molecule has 1 saturated heterocycles. The first kappa shape index (κ1) is 22.2. The lowest BCUT2D eigenvalue weighted by atomic mass is 9.96. The number of aryl methyl sites for hydroxylation is 1. The third-order valence-electron chi connectivity index (χ3n) is 5.69. The summed E-state index contributed by atoms with van der Waals surface area (Å²) in [5.74, 6) is -0.252. The fourth-order valence-electron chi connectivity index (χ4n) is 3.86. The number of amides is 1. The summed E-state index contributed by atoms with van der Waals surface area (Å²) in [6, 6.07) is 13.6. The van der Waals surface area contributed by atoms with Crippen LogP contribution in [0.1, 0.15) is 24.0 Å². The third kappa shape index (κ3) is 4.77. The summed E-state index contributed by atoms with van der Waals surface area (Å²) in [6.07, 6.45) is 2.23. The van der Waals surface area contributed by atoms with Crippen LogP contribution in [0.25, 0.3) is 10.2 Å². The van der Waals surface area contributed by atoms with Gasteiger partial charge in [0.15, 0.2) is 5.13 Å². The second-order valence-corrected chi connectivity index (χ2v) is 11.3. The Bertz CT molecular complexity index is 1200. The molecule has 0 saturated carbocycles. The van der Waals surface area contributed by atoms with Gasteiger partial charge in [0, 0.05) is 24.0 Å². The average Bonchev–Trinajstić information content (AvgIpc) is 3.19. The van der Waals surface area contributed by atoms with Gasteiger partial charge in [-0.2, -0.15) is 0 Å². The molecule has 31 heavy (non-hydrogen) atoms. The molecule has 1 aromatic heterocycles. The van der Waals surface area contributed by atoms with Gasteiger partial charge in [0.1, 0.15) is 0 Å². The van der Waals surface area contributed by atoms with E-state index >= 15 is 0 Å². The second kappa shape index (κ2) is 8.86. The minimum Gasteiger partial charge on any atom is -0.283 e. The number of benzene rings is 2. The summed E-state index contributed by atoms with van der Waals surface area (Å²) in [5.41, 5.74) is 2.72. The number of halogens is 1. The SMILES string of the molecule is Cc1c(Cl)ccc2sc(N(Cc3ccccc3)C(=O)C3CCN(S(C)(=O)=O)CC3)nc12. The molecule has 0 bridgehead atoms. The van der Waals surface area contributed by atoms with Crippen molar-refractivity contribution < 1.29 is 13.2 Å². The lowest BCUT2D eigenvalue weighted by molar-refractivity contribution is -0.123. The van der Waals surface area contributed by atoms with Gasteiger partial charge in [0.05, 0.1) is 23.0 Å². The van der Waals surface area contributed by atoms with Gasteiger partial charge >= 0.3 is 0 Å². The molecule has 1 aliphatic heterocycles. The van der Waals surface area contributed by atoms with Gasteiger partial charge in [-0.1, -0.05) is 53.3 Å². The van der Waals surface area contributed by atoms with Crippen molar-refractivity contribution in [2.75, 3.05) is 24.2 Å². The summed E-state index contributed by atoms with van der Waals surface area (Å²) < 4.78 is 26.1. The maximum atomic E-state index is 13.6. The van der Waals surface area contributed by atoms with Gasteiger partial charge in [-0.25, -0.2) is 17.7 Å². The molecule has 9 heteroatoms. The molecular formula is C22H24ClN3O3S2. The molecule has 0 N–H and O–H groups in total. The van der Waals surface area contributed by atoms with Gasteiger partial charge in [-0.3, -0.25) is 9.69 Å². The molecule has 6 nitrogen and oxygen atoms in total. The first-order chi connectivity index (χ1) is 14.7. The lowest BCUT2D eigenvalue weighted by Gasteiger charge is -2.32. The number of rotatable bonds is 5. The number of fused-ring (bicyclic) bond motifs is 1. The number of nitrogens with zero attached hydrogens (tertiary/aromatic N) is 3. The van der Waals surface area contributed by atoms with E-state index in [4.69, 9.17) is 16.6 Å². The van der Waals surface area contributed by atoms with E-state index in [1.54, 1.807) is 4.90 Å². The maximum absolute atomic E-state index is 13.6. The second-order valence-electron chi connectivity index (χ2n) is 7.86. The molecule has 164 valence electrons. The van der Waals surface area contributed by atoms with E-state index in [0.29, 0.717) is 42.6 Å². The Kier molecular flexibility index (Phi) is 6.35. The maximum Gasteiger partial charge on any atom is 0.232 e. The van der Waals surface area contributed by atoms with Crippen molar-refractivity contribution in [2.24, 2.45) is 5.92 Å². The predicted molar refractivity (Wildman–Crippen MR) is 126 cm³/mol. The number of piperidine rings is 1. The van der Waals surface area contributed by atoms with Crippen molar-refractivity contribution >= 4 is 54.2 Å². The standard InChI is InChI=1S/C22H24ClN3O3S2/c1-15-18(23)8-9-19-20(15)24-22(30-19)26(14-16-6-4-3-5-7-16)21(27)17-10-12-25(13-11-17)31(2,28)29/h3-9,17H,10-14H2,1-2H3. The zero-order chi connectivity index (χ0) is 22.2. The number of hydrogen-bond donors (Lipinski definition) is 0. The van der Waals surface area contributed by atoms with E-state index in [1.165, 1.54) is 21.9 Å². The van der Waals surface area contributed by atoms with Crippen molar-refractivity contribution in [3.8, 4) is 0 Å². The van der Waals surface area contributed by atoms with Gasteiger partial charge in [-0.15, -0.1) is 0 Å². The Hall–Kier alpha value is -2.00. The number of thiazole rings is 1. The molecule has 4 rings (SSSR count). The van der Waals surface area contributed by atoms with Crippen LogP contribution in [0.4, 0.5) is 5.13 Å². The molecule has 0 unspecified atom stereocenters. The van der Waals surface area contributed by atoms with E-state index in [9.17, 15) is 13.2 Å². The fraction of sp³-hybridized carbons (Fsp3) is 0.364. The highest BCUT2D eigenvalue weighted by atomic mass is 35.5. The molecule has 2 aromatic carbocycles. The van der Waals surface area contributed by atoms with Gasteiger partial charge in [0.25, 0.3) is 0 Å². The van der Waals surface area contributed by atoms with E-state index in [0.717, 1.165) is 21.3 Å². The molecule has 3 aromatic rings. The summed E-state index contributed by atoms with van der Waals surface area (Å²) in [6.45, 7) is 3.07. The van der Waals surface area contributed by atoms with Crippen LogP contribution in [-0.4, -0.2) is 43.0 Å². The van der Waals surface area contributed by atoms with Crippen molar-refractivity contribution in [2.45, 2.75) is 26.3 Å². The summed E-state index contributed by atoms with van der Waals surface area (Å²) in [5, 5.41) is 1.29. The molecule has 1 aliphatic rings. The quantitative estimate of drug-likeness (QED) is 0.543. The van der Waals surface area contributed by atoms with E-state index in [-0.39, 0.29) is 11.8 Å². The molecular weight excluding hydrogens is 454 g/mol. The highest BCUT2D eigenvalue weighted by molar-refractivity contribution is 7.88. The Morgan fingerprint density at radius 2 is 1.87 bits per heavy atom. The summed E-state index contributed by atoms with van der Waals surface area (Å²) in [7, 11) is -3.24. The molecule has 1 fully saturated rings. The lowest BCUT2D eigenvalue weighted by Crippen LogP contribution is -2.44. The smallest absolute Gasteiger partial charge is 0.232 e. The van der Waals surface area contributed by atoms with Gasteiger partial charge < -0.3 is 0 Å². The van der Waals surface area contributed by atoms with Crippen LogP contribution in [-0.2, 0) is 21.4 Å². The molecule has 0 spiro atoms. The van der Waals surface area contributed by atoms with Crippen molar-refractivity contribution in [1.29, 1.82) is 0 Å². The number of sulfonamides is 1. The van der Waals surface area contributed by atoms with Crippen LogP contribution in [0.3, 0.4) is 0 Å². The van der Waals surface area contributed by atoms with E-state index < -0.39 is 10.0 Å². The van der Waals surface area contributed by atoms with Crippen LogP contribution in [0.5, 0.6) is 0 Å². The van der Waals surface area contributed by atoms with Crippen molar-refractivity contribution in [3.63, 3.8) is 0 Å². The molecule has 1 amide bonds. The number of carbonyl (C=O) groups is 1. The van der Waals surface area contributed by atoms with E-state index in [1.807, 2.05) is 49.4 Å². The van der Waals surface area contributed by atoms with Crippen molar-refractivity contribution in [1.82, 2.24) is 9.29 Å². The minimum atomic E-state index is -3.24. The Balaban J connectivity index is 1.65. The monoisotopic (exact) mass is 477 g/mol. The normalized spacial score (nSPS) is 16.0. The summed E-state index contributed by atoms with van der Waals surface area (Å²) in [4.78, 5) is 20.1. The Morgan fingerprint density at radius 3 is 2.52 bits per heavy atom. The molecule has 2 heterocycles. The van der Waals surface area contributed by atoms with Crippen LogP contribution < -0.4 is 4.90 Å². The van der Waals surface area contributed by atoms with Gasteiger partial charge in [0.2, 0.25) is 15.9 Å². The highest BCUT2D eigenvalue weighted by Gasteiger charge is 2.33. The number of aromatic nitrogens is 1. The largest absolute Gasteiger partial charge is 0.283 e. The zero-order valence-corrected chi connectivity index (χ0v) is 19.8. The van der Waals surface area contributed by atoms with Crippen LogP contribution in [0.15, 0.2) is 42.5 Å². The first-order valence-electron chi connectivity index (χ1n) is 10.1. The van der Waals surface area contributed by atoms with Crippen molar-refractivity contribution in [3.05, 3.63) is 58.6 Å². The van der Waals surface area contributed by atoms with E-state index in [2.05, 4.69) is 0 Å². The molecule has 0 atom stereocenters. The zero-order valence-electron chi connectivity index (χ0n) is 17.4.